The van der Waals surface area contributed by atoms with Crippen LogP contribution in [0.2, 0.25) is 0 Å². The summed E-state index contributed by atoms with van der Waals surface area (Å²) in [7, 11) is 6.11. The fourth-order valence-corrected chi connectivity index (χ4v) is 1.56. The highest BCUT2D eigenvalue weighted by atomic mass is 32.2. The molecule has 16 heavy (non-hydrogen) atoms. The minimum Gasteiger partial charge on any atom is -0.383 e. The van der Waals surface area contributed by atoms with Crippen molar-refractivity contribution in [3.63, 3.8) is 0 Å². The number of anilines is 2. The Kier molecular flexibility index (Phi) is 4.82. The fraction of sp³-hybridized carbons (Fsp3) is 0.600. The van der Waals surface area contributed by atoms with Crippen LogP contribution in [0.5, 0.6) is 0 Å². The molecule has 0 unspecified atom stereocenters. The summed E-state index contributed by atoms with van der Waals surface area (Å²) in [5, 5.41) is 0.715. The van der Waals surface area contributed by atoms with Crippen LogP contribution in [-0.4, -0.2) is 55.4 Å². The molecule has 0 saturated heterocycles. The summed E-state index contributed by atoms with van der Waals surface area (Å²) in [4.78, 5) is 12.7. The van der Waals surface area contributed by atoms with Crippen molar-refractivity contribution in [3.8, 4) is 0 Å². The highest BCUT2D eigenvalue weighted by Gasteiger charge is 2.06. The van der Waals surface area contributed by atoms with Crippen LogP contribution >= 0.6 is 11.8 Å². The molecule has 0 saturated carbocycles. The molecule has 1 aromatic heterocycles. The Morgan fingerprint density at radius 1 is 1.25 bits per heavy atom. The van der Waals surface area contributed by atoms with Gasteiger partial charge in [0.05, 0.1) is 0 Å². The molecule has 0 aliphatic carbocycles. The van der Waals surface area contributed by atoms with Crippen LogP contribution in [0.4, 0.5) is 11.6 Å². The van der Waals surface area contributed by atoms with Gasteiger partial charge in [0.15, 0.2) is 5.16 Å². The zero-order valence-corrected chi connectivity index (χ0v) is 11.1. The summed E-state index contributed by atoms with van der Waals surface area (Å²) in [6.45, 7) is 1.90. The lowest BCUT2D eigenvalue weighted by atomic mass is 10.4. The lowest BCUT2D eigenvalue weighted by molar-refractivity contribution is 0.416. The van der Waals surface area contributed by atoms with Crippen LogP contribution < -0.4 is 10.6 Å². The number of thioether (sulfide) groups is 1. The quantitative estimate of drug-likeness (QED) is 0.607. The second-order valence-corrected chi connectivity index (χ2v) is 4.64. The van der Waals surface area contributed by atoms with Gasteiger partial charge in [-0.3, -0.25) is 0 Å². The van der Waals surface area contributed by atoms with Crippen molar-refractivity contribution in [1.29, 1.82) is 0 Å². The molecular formula is C10H19N5S. The van der Waals surface area contributed by atoms with E-state index < -0.39 is 0 Å². The molecular weight excluding hydrogens is 222 g/mol. The van der Waals surface area contributed by atoms with E-state index in [2.05, 4.69) is 33.9 Å². The van der Waals surface area contributed by atoms with Gasteiger partial charge in [0.2, 0.25) is 0 Å². The normalized spacial score (nSPS) is 10.8. The number of rotatable bonds is 5. The molecule has 0 radical (unpaired) electrons. The first-order valence-electron chi connectivity index (χ1n) is 5.07. The molecule has 2 N–H and O–H groups in total. The molecule has 0 aromatic carbocycles. The largest absolute Gasteiger partial charge is 0.383 e. The molecule has 5 nitrogen and oxygen atoms in total. The molecule has 6 heteroatoms. The van der Waals surface area contributed by atoms with Crippen molar-refractivity contribution in [2.75, 3.05) is 51.1 Å². The van der Waals surface area contributed by atoms with E-state index in [0.29, 0.717) is 11.0 Å². The minimum atomic E-state index is 0.519. The number of nitrogens with two attached hydrogens (primary N) is 1. The smallest absolute Gasteiger partial charge is 0.191 e. The Bertz CT molecular complexity index is 342. The van der Waals surface area contributed by atoms with Crippen LogP contribution in [-0.2, 0) is 0 Å². The number of nitrogens with zero attached hydrogens (tertiary/aromatic N) is 4. The first-order valence-corrected chi connectivity index (χ1v) is 6.30. The molecule has 0 bridgehead atoms. The molecule has 0 fully saturated rings. The Labute approximate surface area is 101 Å². The first-order chi connectivity index (χ1) is 7.52. The van der Waals surface area contributed by atoms with E-state index >= 15 is 0 Å². The number of aromatic nitrogens is 2. The predicted octanol–water partition coefficient (Wildman–Crippen LogP) is 0.778. The summed E-state index contributed by atoms with van der Waals surface area (Å²) in [6, 6.07) is 1.80. The number of likely N-dealkylation sites (N-methyl/N-ethyl adjacent to an activating group) is 2. The van der Waals surface area contributed by atoms with E-state index in [0.717, 1.165) is 18.9 Å². The molecule has 90 valence electrons. The maximum absolute atomic E-state index is 5.73. The van der Waals surface area contributed by atoms with Crippen molar-refractivity contribution in [3.05, 3.63) is 6.07 Å². The monoisotopic (exact) mass is 241 g/mol. The third-order valence-electron chi connectivity index (χ3n) is 2.17. The predicted molar refractivity (Wildman–Crippen MR) is 70.0 cm³/mol. The van der Waals surface area contributed by atoms with Gasteiger partial charge in [-0.25, -0.2) is 9.97 Å². The van der Waals surface area contributed by atoms with Gasteiger partial charge in [-0.1, -0.05) is 11.8 Å². The van der Waals surface area contributed by atoms with E-state index in [1.54, 1.807) is 6.07 Å². The van der Waals surface area contributed by atoms with Crippen molar-refractivity contribution in [2.45, 2.75) is 5.16 Å². The molecule has 0 atom stereocenters. The SMILES string of the molecule is CSc1nc(N)cc(N(C)CCN(C)C)n1. The zero-order valence-electron chi connectivity index (χ0n) is 10.3. The topological polar surface area (TPSA) is 58.3 Å². The maximum Gasteiger partial charge on any atom is 0.191 e. The molecule has 0 aliphatic heterocycles. The average molecular weight is 241 g/mol. The fourth-order valence-electron chi connectivity index (χ4n) is 1.18. The highest BCUT2D eigenvalue weighted by Crippen LogP contribution is 2.17. The third-order valence-corrected chi connectivity index (χ3v) is 2.72. The molecule has 0 spiro atoms. The summed E-state index contributed by atoms with van der Waals surface area (Å²) in [5.74, 6) is 1.39. The lowest BCUT2D eigenvalue weighted by Crippen LogP contribution is -2.29. The van der Waals surface area contributed by atoms with Gasteiger partial charge in [0, 0.05) is 26.2 Å². The number of nitrogen functional groups attached to an aromatic ring is 1. The van der Waals surface area contributed by atoms with Crippen molar-refractivity contribution < 1.29 is 0 Å². The highest BCUT2D eigenvalue weighted by molar-refractivity contribution is 7.98. The summed E-state index contributed by atoms with van der Waals surface area (Å²) < 4.78 is 0. The zero-order chi connectivity index (χ0) is 12.1. The number of hydrogen-bond acceptors (Lipinski definition) is 6. The van der Waals surface area contributed by atoms with E-state index in [4.69, 9.17) is 5.73 Å². The second kappa shape index (κ2) is 5.91. The van der Waals surface area contributed by atoms with Crippen molar-refractivity contribution in [1.82, 2.24) is 14.9 Å². The van der Waals surface area contributed by atoms with Gasteiger partial charge in [-0.2, -0.15) is 0 Å². The third kappa shape index (κ3) is 3.86. The van der Waals surface area contributed by atoms with Gasteiger partial charge >= 0.3 is 0 Å². The molecule has 0 amide bonds. The maximum atomic E-state index is 5.73. The summed E-state index contributed by atoms with van der Waals surface area (Å²) >= 11 is 1.50. The summed E-state index contributed by atoms with van der Waals surface area (Å²) in [6.07, 6.45) is 1.94. The first kappa shape index (κ1) is 13.1. The Morgan fingerprint density at radius 2 is 1.94 bits per heavy atom. The van der Waals surface area contributed by atoms with Gasteiger partial charge < -0.3 is 15.5 Å². The van der Waals surface area contributed by atoms with Crippen LogP contribution in [0.3, 0.4) is 0 Å². The van der Waals surface area contributed by atoms with E-state index in [1.165, 1.54) is 11.8 Å². The molecule has 1 heterocycles. The lowest BCUT2D eigenvalue weighted by Gasteiger charge is -2.20. The summed E-state index contributed by atoms with van der Waals surface area (Å²) in [5.41, 5.74) is 5.73. The van der Waals surface area contributed by atoms with Crippen LogP contribution in [0.25, 0.3) is 0 Å². The van der Waals surface area contributed by atoms with Crippen molar-refractivity contribution >= 4 is 23.4 Å². The average Bonchev–Trinajstić information content (AvgIpc) is 2.24. The Balaban J connectivity index is 2.74. The van der Waals surface area contributed by atoms with Crippen LogP contribution in [0.1, 0.15) is 0 Å². The minimum absolute atomic E-state index is 0.519. The van der Waals surface area contributed by atoms with Gasteiger partial charge in [0.1, 0.15) is 11.6 Å². The van der Waals surface area contributed by atoms with E-state index in [1.807, 2.05) is 13.3 Å². The van der Waals surface area contributed by atoms with Gasteiger partial charge in [-0.05, 0) is 20.4 Å². The Morgan fingerprint density at radius 3 is 2.50 bits per heavy atom. The van der Waals surface area contributed by atoms with Crippen LogP contribution in [0.15, 0.2) is 11.2 Å². The van der Waals surface area contributed by atoms with Gasteiger partial charge in [-0.15, -0.1) is 0 Å². The number of hydrogen-bond donors (Lipinski definition) is 1. The van der Waals surface area contributed by atoms with E-state index in [9.17, 15) is 0 Å². The molecule has 1 rings (SSSR count). The molecule has 1 aromatic rings. The second-order valence-electron chi connectivity index (χ2n) is 3.86. The molecule has 0 aliphatic rings. The van der Waals surface area contributed by atoms with E-state index in [-0.39, 0.29) is 0 Å². The van der Waals surface area contributed by atoms with Gasteiger partial charge in [0.25, 0.3) is 0 Å². The Hall–Kier alpha value is -1.01. The van der Waals surface area contributed by atoms with Crippen molar-refractivity contribution in [2.24, 2.45) is 0 Å². The standard InChI is InChI=1S/C10H19N5S/c1-14(2)5-6-15(3)9-7-8(11)12-10(13-9)16-4/h7H,5-6H2,1-4H3,(H2,11,12,13). The van der Waals surface area contributed by atoms with Crippen LogP contribution in [0, 0.1) is 0 Å².